The Morgan fingerprint density at radius 1 is 1.33 bits per heavy atom. The van der Waals surface area contributed by atoms with Crippen LogP contribution < -0.4 is 5.32 Å². The van der Waals surface area contributed by atoms with Crippen LogP contribution in [0.3, 0.4) is 0 Å². The van der Waals surface area contributed by atoms with Gasteiger partial charge in [0.25, 0.3) is 0 Å². The van der Waals surface area contributed by atoms with Gasteiger partial charge in [-0.3, -0.25) is 0 Å². The fourth-order valence-corrected chi connectivity index (χ4v) is 2.27. The zero-order chi connectivity index (χ0) is 10.7. The Hall–Kier alpha value is -0.990. The summed E-state index contributed by atoms with van der Waals surface area (Å²) in [5.41, 5.74) is 0. The van der Waals surface area contributed by atoms with E-state index in [1.165, 1.54) is 32.1 Å². The first-order chi connectivity index (χ1) is 7.27. The summed E-state index contributed by atoms with van der Waals surface area (Å²) in [7, 11) is 0. The smallest absolute Gasteiger partial charge is 0.203 e. The Bertz CT molecular complexity index is 298. The van der Waals surface area contributed by atoms with E-state index in [1.54, 1.807) is 0 Å². The normalized spacial score (nSPS) is 18.3. The average Bonchev–Trinajstić information content (AvgIpc) is 2.67. The van der Waals surface area contributed by atoms with Crippen molar-refractivity contribution in [2.24, 2.45) is 0 Å². The number of aromatic nitrogens is 2. The van der Waals surface area contributed by atoms with E-state index in [-0.39, 0.29) is 0 Å². The number of nitrogens with zero attached hydrogens (tertiary/aromatic N) is 2. The molecule has 0 amide bonds. The fraction of sp³-hybridized carbons (Fsp3) is 0.750. The summed E-state index contributed by atoms with van der Waals surface area (Å²) >= 11 is 0. The van der Waals surface area contributed by atoms with E-state index in [2.05, 4.69) is 34.9 Å². The molecular formula is C12H21N3. The quantitative estimate of drug-likeness (QED) is 0.824. The fourth-order valence-electron chi connectivity index (χ4n) is 2.27. The molecule has 0 saturated heterocycles. The zero-order valence-electron chi connectivity index (χ0n) is 9.74. The van der Waals surface area contributed by atoms with Crippen molar-refractivity contribution >= 4 is 5.95 Å². The molecule has 0 aromatic carbocycles. The minimum Gasteiger partial charge on any atom is -0.353 e. The second-order valence-corrected chi connectivity index (χ2v) is 4.73. The first-order valence-electron chi connectivity index (χ1n) is 6.07. The maximum Gasteiger partial charge on any atom is 0.203 e. The highest BCUT2D eigenvalue weighted by molar-refractivity contribution is 5.28. The van der Waals surface area contributed by atoms with Crippen LogP contribution in [0.1, 0.15) is 52.0 Å². The molecule has 1 fully saturated rings. The monoisotopic (exact) mass is 207 g/mol. The minimum absolute atomic E-state index is 0.485. The van der Waals surface area contributed by atoms with E-state index < -0.39 is 0 Å². The van der Waals surface area contributed by atoms with Crippen molar-refractivity contribution < 1.29 is 0 Å². The molecule has 3 nitrogen and oxygen atoms in total. The SMILES string of the molecule is CC(C)n1ccnc1NC1CCCCC1. The molecule has 15 heavy (non-hydrogen) atoms. The van der Waals surface area contributed by atoms with Crippen molar-refractivity contribution in [2.75, 3.05) is 5.32 Å². The second-order valence-electron chi connectivity index (χ2n) is 4.73. The number of anilines is 1. The molecule has 0 atom stereocenters. The first-order valence-corrected chi connectivity index (χ1v) is 6.07. The van der Waals surface area contributed by atoms with E-state index in [9.17, 15) is 0 Å². The molecule has 1 aromatic rings. The third-order valence-corrected chi connectivity index (χ3v) is 3.16. The Kier molecular flexibility index (Phi) is 3.29. The predicted molar refractivity (Wildman–Crippen MR) is 63.1 cm³/mol. The van der Waals surface area contributed by atoms with Crippen LogP contribution in [0, 0.1) is 0 Å². The molecule has 1 N–H and O–H groups in total. The van der Waals surface area contributed by atoms with Crippen LogP contribution in [0.5, 0.6) is 0 Å². The lowest BCUT2D eigenvalue weighted by Crippen LogP contribution is -2.24. The molecule has 3 heteroatoms. The number of nitrogens with one attached hydrogen (secondary N) is 1. The van der Waals surface area contributed by atoms with Crippen molar-refractivity contribution in [3.8, 4) is 0 Å². The molecule has 1 aromatic heterocycles. The third kappa shape index (κ3) is 2.52. The van der Waals surface area contributed by atoms with Crippen molar-refractivity contribution in [3.05, 3.63) is 12.4 Å². The van der Waals surface area contributed by atoms with Gasteiger partial charge in [0.1, 0.15) is 0 Å². The van der Waals surface area contributed by atoms with Gasteiger partial charge in [0.05, 0.1) is 0 Å². The third-order valence-electron chi connectivity index (χ3n) is 3.16. The van der Waals surface area contributed by atoms with E-state index in [0.717, 1.165) is 5.95 Å². The lowest BCUT2D eigenvalue weighted by Gasteiger charge is -2.24. The van der Waals surface area contributed by atoms with Gasteiger partial charge in [-0.2, -0.15) is 0 Å². The van der Waals surface area contributed by atoms with Crippen molar-refractivity contribution in [1.82, 2.24) is 9.55 Å². The Balaban J connectivity index is 1.99. The van der Waals surface area contributed by atoms with Gasteiger partial charge in [-0.25, -0.2) is 4.98 Å². The Labute approximate surface area is 91.9 Å². The van der Waals surface area contributed by atoms with Crippen LogP contribution in [-0.2, 0) is 0 Å². The van der Waals surface area contributed by atoms with Crippen LogP contribution in [0.25, 0.3) is 0 Å². The summed E-state index contributed by atoms with van der Waals surface area (Å²) in [5, 5.41) is 3.56. The maximum absolute atomic E-state index is 4.38. The lowest BCUT2D eigenvalue weighted by molar-refractivity contribution is 0.457. The van der Waals surface area contributed by atoms with Gasteiger partial charge in [0, 0.05) is 24.5 Å². The molecule has 1 aliphatic carbocycles. The summed E-state index contributed by atoms with van der Waals surface area (Å²) < 4.78 is 2.20. The number of rotatable bonds is 3. The highest BCUT2D eigenvalue weighted by Crippen LogP contribution is 2.22. The lowest BCUT2D eigenvalue weighted by atomic mass is 9.96. The van der Waals surface area contributed by atoms with Crippen LogP contribution in [0.15, 0.2) is 12.4 Å². The van der Waals surface area contributed by atoms with Crippen molar-refractivity contribution in [2.45, 2.75) is 58.0 Å². The number of hydrogen-bond acceptors (Lipinski definition) is 2. The summed E-state index contributed by atoms with van der Waals surface area (Å²) in [4.78, 5) is 4.38. The van der Waals surface area contributed by atoms with Gasteiger partial charge in [0.2, 0.25) is 5.95 Å². The van der Waals surface area contributed by atoms with Crippen LogP contribution in [0.4, 0.5) is 5.95 Å². The molecule has 0 bridgehead atoms. The minimum atomic E-state index is 0.485. The topological polar surface area (TPSA) is 29.9 Å². The number of imidazole rings is 1. The molecule has 1 saturated carbocycles. The first kappa shape index (κ1) is 10.5. The van der Waals surface area contributed by atoms with E-state index >= 15 is 0 Å². The molecule has 84 valence electrons. The summed E-state index contributed by atoms with van der Waals surface area (Å²) in [6.07, 6.45) is 10.6. The molecule has 0 aliphatic heterocycles. The van der Waals surface area contributed by atoms with E-state index in [4.69, 9.17) is 0 Å². The van der Waals surface area contributed by atoms with Gasteiger partial charge in [-0.1, -0.05) is 19.3 Å². The zero-order valence-corrected chi connectivity index (χ0v) is 9.74. The molecular weight excluding hydrogens is 186 g/mol. The van der Waals surface area contributed by atoms with Crippen molar-refractivity contribution in [1.29, 1.82) is 0 Å². The van der Waals surface area contributed by atoms with Gasteiger partial charge < -0.3 is 9.88 Å². The second kappa shape index (κ2) is 4.69. The molecule has 0 spiro atoms. The highest BCUT2D eigenvalue weighted by atomic mass is 15.2. The van der Waals surface area contributed by atoms with Crippen LogP contribution in [-0.4, -0.2) is 15.6 Å². The summed E-state index contributed by atoms with van der Waals surface area (Å²) in [5.74, 6) is 1.04. The van der Waals surface area contributed by atoms with Crippen LogP contribution >= 0.6 is 0 Å². The average molecular weight is 207 g/mol. The Morgan fingerprint density at radius 2 is 2.07 bits per heavy atom. The molecule has 0 radical (unpaired) electrons. The summed E-state index contributed by atoms with van der Waals surface area (Å²) in [6, 6.07) is 1.12. The molecule has 1 aliphatic rings. The maximum atomic E-state index is 4.38. The molecule has 2 rings (SSSR count). The highest BCUT2D eigenvalue weighted by Gasteiger charge is 2.15. The largest absolute Gasteiger partial charge is 0.353 e. The van der Waals surface area contributed by atoms with E-state index in [0.29, 0.717) is 12.1 Å². The van der Waals surface area contributed by atoms with Gasteiger partial charge in [-0.05, 0) is 26.7 Å². The van der Waals surface area contributed by atoms with Gasteiger partial charge in [0.15, 0.2) is 0 Å². The number of hydrogen-bond donors (Lipinski definition) is 1. The van der Waals surface area contributed by atoms with Crippen LogP contribution in [0.2, 0.25) is 0 Å². The van der Waals surface area contributed by atoms with Gasteiger partial charge in [-0.15, -0.1) is 0 Å². The molecule has 0 unspecified atom stereocenters. The van der Waals surface area contributed by atoms with E-state index in [1.807, 2.05) is 6.20 Å². The molecule has 1 heterocycles. The standard InChI is InChI=1S/C12H21N3/c1-10(2)15-9-8-13-12(15)14-11-6-4-3-5-7-11/h8-11H,3-7H2,1-2H3,(H,13,14). The van der Waals surface area contributed by atoms with Gasteiger partial charge >= 0.3 is 0 Å². The Morgan fingerprint density at radius 3 is 2.73 bits per heavy atom. The summed E-state index contributed by atoms with van der Waals surface area (Å²) in [6.45, 7) is 4.38. The van der Waals surface area contributed by atoms with Crippen molar-refractivity contribution in [3.63, 3.8) is 0 Å². The predicted octanol–water partition coefficient (Wildman–Crippen LogP) is 3.21.